The molecule has 20 heavy (non-hydrogen) atoms. The third kappa shape index (κ3) is 5.20. The van der Waals surface area contributed by atoms with E-state index >= 15 is 0 Å². The van der Waals surface area contributed by atoms with Crippen LogP contribution >= 0.6 is 0 Å². The van der Waals surface area contributed by atoms with E-state index in [-0.39, 0.29) is 10.9 Å². The molecule has 0 heterocycles. The monoisotopic (exact) mass is 300 g/mol. The number of ether oxygens (including phenoxy) is 1. The molecule has 0 saturated carbocycles. The average Bonchev–Trinajstić information content (AvgIpc) is 2.46. The number of unbranched alkanes of at least 4 members (excludes halogenated alkanes) is 1. The van der Waals surface area contributed by atoms with Gasteiger partial charge in [-0.15, -0.1) is 0 Å². The third-order valence-electron chi connectivity index (χ3n) is 3.10. The van der Waals surface area contributed by atoms with E-state index in [1.54, 1.807) is 25.3 Å². The molecule has 0 amide bonds. The van der Waals surface area contributed by atoms with E-state index < -0.39 is 10.0 Å². The van der Waals surface area contributed by atoms with Crippen molar-refractivity contribution in [3.63, 3.8) is 0 Å². The van der Waals surface area contributed by atoms with Crippen LogP contribution in [0.3, 0.4) is 0 Å². The highest BCUT2D eigenvalue weighted by atomic mass is 32.2. The molecule has 0 aliphatic heterocycles. The molecule has 1 atom stereocenters. The lowest BCUT2D eigenvalue weighted by molar-refractivity contribution is 0.193. The highest BCUT2D eigenvalue weighted by Crippen LogP contribution is 2.18. The van der Waals surface area contributed by atoms with Gasteiger partial charge in [-0.05, 0) is 37.0 Å². The summed E-state index contributed by atoms with van der Waals surface area (Å²) in [5, 5.41) is 0. The minimum Gasteiger partial charge on any atom is -0.385 e. The molecule has 1 unspecified atom stereocenters. The topological polar surface area (TPSA) is 81.4 Å². The normalized spacial score (nSPS) is 13.3. The summed E-state index contributed by atoms with van der Waals surface area (Å²) in [6.07, 6.45) is 2.36. The fraction of sp³-hybridized carbons (Fsp3) is 0.571. The number of hydrogen-bond donors (Lipinski definition) is 2. The Balaban J connectivity index is 2.67. The van der Waals surface area contributed by atoms with Gasteiger partial charge in [0, 0.05) is 26.3 Å². The number of sulfonamides is 1. The molecule has 0 fully saturated rings. The van der Waals surface area contributed by atoms with Crippen molar-refractivity contribution in [3.8, 4) is 0 Å². The maximum Gasteiger partial charge on any atom is 0.240 e. The van der Waals surface area contributed by atoms with E-state index in [0.29, 0.717) is 13.2 Å². The van der Waals surface area contributed by atoms with Crippen molar-refractivity contribution in [1.29, 1.82) is 0 Å². The minimum atomic E-state index is -3.46. The Labute approximate surface area is 121 Å². The van der Waals surface area contributed by atoms with Gasteiger partial charge in [0.15, 0.2) is 0 Å². The van der Waals surface area contributed by atoms with Crippen molar-refractivity contribution in [2.75, 3.05) is 20.3 Å². The summed E-state index contributed by atoms with van der Waals surface area (Å²) in [6.45, 7) is 3.03. The molecule has 0 bridgehead atoms. The summed E-state index contributed by atoms with van der Waals surface area (Å²) in [5.74, 6) is 0. The molecule has 0 aliphatic carbocycles. The van der Waals surface area contributed by atoms with Gasteiger partial charge in [0.2, 0.25) is 10.0 Å². The predicted octanol–water partition coefficient (Wildman–Crippen LogP) is 1.80. The first-order chi connectivity index (χ1) is 9.51. The van der Waals surface area contributed by atoms with E-state index in [1.165, 1.54) is 0 Å². The summed E-state index contributed by atoms with van der Waals surface area (Å²) in [6, 6.07) is 6.68. The second-order valence-corrected chi connectivity index (χ2v) is 6.45. The molecular formula is C14H24N2O3S. The summed E-state index contributed by atoms with van der Waals surface area (Å²) in [4.78, 5) is 0.269. The van der Waals surface area contributed by atoms with Crippen LogP contribution in [0.2, 0.25) is 0 Å². The van der Waals surface area contributed by atoms with Crippen molar-refractivity contribution in [2.24, 2.45) is 5.73 Å². The van der Waals surface area contributed by atoms with E-state index in [1.807, 2.05) is 13.0 Å². The Bertz CT molecular complexity index is 503. The summed E-state index contributed by atoms with van der Waals surface area (Å²) in [5.41, 5.74) is 6.77. The Morgan fingerprint density at radius 1 is 1.35 bits per heavy atom. The van der Waals surface area contributed by atoms with Gasteiger partial charge in [-0.3, -0.25) is 0 Å². The molecule has 1 aromatic rings. The van der Waals surface area contributed by atoms with Crippen LogP contribution < -0.4 is 10.5 Å². The smallest absolute Gasteiger partial charge is 0.240 e. The lowest BCUT2D eigenvalue weighted by Crippen LogP contribution is -2.25. The number of nitrogens with two attached hydrogens (primary N) is 1. The van der Waals surface area contributed by atoms with Gasteiger partial charge in [-0.2, -0.15) is 0 Å². The molecule has 114 valence electrons. The standard InChI is InChI=1S/C14H24N2O3S/c1-3-14(15)12-7-6-8-13(11-12)20(17,18)16-9-4-5-10-19-2/h6-8,11,14,16H,3-5,9-10,15H2,1-2H3. The van der Waals surface area contributed by atoms with E-state index in [0.717, 1.165) is 24.8 Å². The maximum absolute atomic E-state index is 12.1. The number of methoxy groups -OCH3 is 1. The van der Waals surface area contributed by atoms with Crippen LogP contribution in [-0.4, -0.2) is 28.7 Å². The Morgan fingerprint density at radius 3 is 2.75 bits per heavy atom. The highest BCUT2D eigenvalue weighted by molar-refractivity contribution is 7.89. The first-order valence-corrected chi connectivity index (χ1v) is 8.33. The number of rotatable bonds is 9. The van der Waals surface area contributed by atoms with E-state index in [9.17, 15) is 8.42 Å². The Kier molecular flexibility index (Phi) is 7.15. The second kappa shape index (κ2) is 8.36. The van der Waals surface area contributed by atoms with Gasteiger partial charge in [-0.1, -0.05) is 19.1 Å². The minimum absolute atomic E-state index is 0.133. The summed E-state index contributed by atoms with van der Waals surface area (Å²) in [7, 11) is -1.83. The van der Waals surface area contributed by atoms with Crippen molar-refractivity contribution in [3.05, 3.63) is 29.8 Å². The van der Waals surface area contributed by atoms with E-state index in [2.05, 4.69) is 4.72 Å². The summed E-state index contributed by atoms with van der Waals surface area (Å²) >= 11 is 0. The molecule has 5 nitrogen and oxygen atoms in total. The molecule has 6 heteroatoms. The van der Waals surface area contributed by atoms with Crippen LogP contribution in [0.15, 0.2) is 29.2 Å². The lowest BCUT2D eigenvalue weighted by Gasteiger charge is -2.12. The van der Waals surface area contributed by atoms with Crippen LogP contribution in [0.1, 0.15) is 37.8 Å². The highest BCUT2D eigenvalue weighted by Gasteiger charge is 2.14. The zero-order valence-corrected chi connectivity index (χ0v) is 12.9. The zero-order valence-electron chi connectivity index (χ0n) is 12.1. The predicted molar refractivity (Wildman–Crippen MR) is 80.0 cm³/mol. The molecular weight excluding hydrogens is 276 g/mol. The number of nitrogens with one attached hydrogen (secondary N) is 1. The number of hydrogen-bond acceptors (Lipinski definition) is 4. The van der Waals surface area contributed by atoms with Gasteiger partial charge in [0.1, 0.15) is 0 Å². The Hall–Kier alpha value is -0.950. The van der Waals surface area contributed by atoms with Crippen LogP contribution in [-0.2, 0) is 14.8 Å². The van der Waals surface area contributed by atoms with Crippen molar-refractivity contribution < 1.29 is 13.2 Å². The van der Waals surface area contributed by atoms with Crippen molar-refractivity contribution in [1.82, 2.24) is 4.72 Å². The van der Waals surface area contributed by atoms with Gasteiger partial charge in [-0.25, -0.2) is 13.1 Å². The van der Waals surface area contributed by atoms with E-state index in [4.69, 9.17) is 10.5 Å². The van der Waals surface area contributed by atoms with Gasteiger partial charge >= 0.3 is 0 Å². The quantitative estimate of drug-likeness (QED) is 0.681. The molecule has 1 aromatic carbocycles. The van der Waals surface area contributed by atoms with Crippen LogP contribution in [0.25, 0.3) is 0 Å². The first-order valence-electron chi connectivity index (χ1n) is 6.85. The van der Waals surface area contributed by atoms with Gasteiger partial charge < -0.3 is 10.5 Å². The largest absolute Gasteiger partial charge is 0.385 e. The SMILES string of the molecule is CCC(N)c1cccc(S(=O)(=O)NCCCCOC)c1. The van der Waals surface area contributed by atoms with Crippen LogP contribution in [0.5, 0.6) is 0 Å². The second-order valence-electron chi connectivity index (χ2n) is 4.68. The lowest BCUT2D eigenvalue weighted by atomic mass is 10.1. The molecule has 0 aromatic heterocycles. The average molecular weight is 300 g/mol. The Morgan fingerprint density at radius 2 is 2.10 bits per heavy atom. The number of benzene rings is 1. The molecule has 0 saturated heterocycles. The van der Waals surface area contributed by atoms with Crippen LogP contribution in [0, 0.1) is 0 Å². The molecule has 3 N–H and O–H groups in total. The van der Waals surface area contributed by atoms with Crippen LogP contribution in [0.4, 0.5) is 0 Å². The first kappa shape index (κ1) is 17.1. The fourth-order valence-corrected chi connectivity index (χ4v) is 2.94. The van der Waals surface area contributed by atoms with Crippen molar-refractivity contribution in [2.45, 2.75) is 37.1 Å². The molecule has 0 spiro atoms. The third-order valence-corrected chi connectivity index (χ3v) is 4.56. The van der Waals surface area contributed by atoms with Gasteiger partial charge in [0.25, 0.3) is 0 Å². The molecule has 1 rings (SSSR count). The molecule has 0 aliphatic rings. The van der Waals surface area contributed by atoms with Gasteiger partial charge in [0.05, 0.1) is 4.90 Å². The fourth-order valence-electron chi connectivity index (χ4n) is 1.81. The maximum atomic E-state index is 12.1. The zero-order chi connectivity index (χ0) is 15.0. The van der Waals surface area contributed by atoms with Crippen molar-refractivity contribution >= 4 is 10.0 Å². The molecule has 0 radical (unpaired) electrons. The summed E-state index contributed by atoms with van der Waals surface area (Å²) < 4.78 is 31.8.